The van der Waals surface area contributed by atoms with Crippen molar-refractivity contribution in [2.24, 2.45) is 0 Å². The zero-order chi connectivity index (χ0) is 15.7. The third-order valence-electron chi connectivity index (χ3n) is 3.06. The largest absolute Gasteiger partial charge is 0.505 e. The van der Waals surface area contributed by atoms with Gasteiger partial charge in [-0.3, -0.25) is 4.79 Å². The highest BCUT2D eigenvalue weighted by Crippen LogP contribution is 2.34. The van der Waals surface area contributed by atoms with E-state index in [-0.39, 0.29) is 10.6 Å². The maximum absolute atomic E-state index is 13.6. The first-order valence-electron chi connectivity index (χ1n) is 6.08. The first kappa shape index (κ1) is 15.4. The summed E-state index contributed by atoms with van der Waals surface area (Å²) in [6, 6.07) is 4.53. The lowest BCUT2D eigenvalue weighted by Crippen LogP contribution is -2.09. The van der Waals surface area contributed by atoms with E-state index >= 15 is 0 Å². The zero-order valence-electron chi connectivity index (χ0n) is 11.4. The molecule has 0 saturated heterocycles. The number of thiol groups is 1. The Morgan fingerprint density at radius 1 is 1.29 bits per heavy atom. The minimum absolute atomic E-state index is 0.0739. The van der Waals surface area contributed by atoms with Crippen molar-refractivity contribution in [3.05, 3.63) is 41.0 Å². The van der Waals surface area contributed by atoms with Crippen molar-refractivity contribution in [3.8, 4) is 5.75 Å². The van der Waals surface area contributed by atoms with Gasteiger partial charge in [0.1, 0.15) is 7.85 Å². The SMILES string of the molecule is Bc1cc(C)c(Nc2cc(O)c(F)c(F)c2S)c(C=O)c1. The smallest absolute Gasteiger partial charge is 0.201 e. The Morgan fingerprint density at radius 2 is 1.95 bits per heavy atom. The van der Waals surface area contributed by atoms with E-state index in [4.69, 9.17) is 0 Å². The second kappa shape index (κ2) is 5.77. The Kier molecular flexibility index (Phi) is 4.23. The highest BCUT2D eigenvalue weighted by Gasteiger charge is 2.17. The summed E-state index contributed by atoms with van der Waals surface area (Å²) >= 11 is 3.90. The fourth-order valence-electron chi connectivity index (χ4n) is 2.10. The lowest BCUT2D eigenvalue weighted by Gasteiger charge is -2.15. The minimum Gasteiger partial charge on any atom is -0.505 e. The number of aromatic hydroxyl groups is 1. The van der Waals surface area contributed by atoms with Gasteiger partial charge in [-0.2, -0.15) is 4.39 Å². The molecule has 2 aromatic carbocycles. The molecule has 2 N–H and O–H groups in total. The van der Waals surface area contributed by atoms with Crippen LogP contribution in [-0.2, 0) is 0 Å². The van der Waals surface area contributed by atoms with E-state index in [0.29, 0.717) is 17.5 Å². The summed E-state index contributed by atoms with van der Waals surface area (Å²) in [5, 5.41) is 12.2. The van der Waals surface area contributed by atoms with Crippen LogP contribution in [0.5, 0.6) is 5.75 Å². The van der Waals surface area contributed by atoms with Crippen molar-refractivity contribution < 1.29 is 18.7 Å². The van der Waals surface area contributed by atoms with E-state index in [9.17, 15) is 18.7 Å². The van der Waals surface area contributed by atoms with Crippen LogP contribution in [0.2, 0.25) is 0 Å². The Bertz CT molecular complexity index is 738. The van der Waals surface area contributed by atoms with Crippen molar-refractivity contribution in [3.63, 3.8) is 0 Å². The molecule has 0 heterocycles. The quantitative estimate of drug-likeness (QED) is 0.462. The predicted octanol–water partition coefficient (Wildman–Crippen LogP) is 2.08. The van der Waals surface area contributed by atoms with Gasteiger partial charge in [0.25, 0.3) is 0 Å². The van der Waals surface area contributed by atoms with Gasteiger partial charge in [0.15, 0.2) is 17.9 Å². The maximum Gasteiger partial charge on any atom is 0.201 e. The van der Waals surface area contributed by atoms with Crippen molar-refractivity contribution in [2.45, 2.75) is 11.8 Å². The maximum atomic E-state index is 13.6. The van der Waals surface area contributed by atoms with Crippen molar-refractivity contribution in [1.82, 2.24) is 0 Å². The van der Waals surface area contributed by atoms with Crippen LogP contribution in [0.15, 0.2) is 23.1 Å². The molecule has 0 fully saturated rings. The van der Waals surface area contributed by atoms with Gasteiger partial charge < -0.3 is 10.4 Å². The molecule has 0 aliphatic carbocycles. The molecule has 0 amide bonds. The standard InChI is InChI=1S/C14H12BF2NO2S/c1-6-2-8(15)3-7(5-19)13(6)18-9-4-10(20)11(16)12(17)14(9)21/h2-5,18,20-21H,15H2,1H3. The van der Waals surface area contributed by atoms with Crippen molar-refractivity contribution in [2.75, 3.05) is 5.32 Å². The number of nitrogens with one attached hydrogen (secondary N) is 1. The molecule has 0 spiro atoms. The van der Waals surface area contributed by atoms with Crippen LogP contribution in [0.4, 0.5) is 20.2 Å². The summed E-state index contributed by atoms with van der Waals surface area (Å²) in [6.07, 6.45) is 0.667. The summed E-state index contributed by atoms with van der Waals surface area (Å²) in [5.41, 5.74) is 2.57. The van der Waals surface area contributed by atoms with Crippen LogP contribution in [0, 0.1) is 18.6 Å². The number of phenols is 1. The average Bonchev–Trinajstić information content (AvgIpc) is 2.44. The number of hydrogen-bond acceptors (Lipinski definition) is 4. The lowest BCUT2D eigenvalue weighted by molar-refractivity contribution is 0.112. The van der Waals surface area contributed by atoms with Crippen LogP contribution >= 0.6 is 12.6 Å². The summed E-state index contributed by atoms with van der Waals surface area (Å²) in [5.74, 6) is -3.44. The monoisotopic (exact) mass is 307 g/mol. The second-order valence-corrected chi connectivity index (χ2v) is 5.16. The highest BCUT2D eigenvalue weighted by molar-refractivity contribution is 7.80. The van der Waals surface area contributed by atoms with E-state index in [1.165, 1.54) is 0 Å². The number of aldehydes is 1. The van der Waals surface area contributed by atoms with Crippen LogP contribution in [0.1, 0.15) is 15.9 Å². The van der Waals surface area contributed by atoms with Gasteiger partial charge in [0.2, 0.25) is 5.82 Å². The lowest BCUT2D eigenvalue weighted by atomic mass is 9.91. The van der Waals surface area contributed by atoms with Gasteiger partial charge in [-0.25, -0.2) is 4.39 Å². The number of carbonyl (C=O) groups is 1. The number of carbonyl (C=O) groups excluding carboxylic acids is 1. The molecule has 0 aromatic heterocycles. The molecule has 2 rings (SSSR count). The van der Waals surface area contributed by atoms with Gasteiger partial charge in [-0.05, 0) is 12.5 Å². The van der Waals surface area contributed by atoms with Crippen LogP contribution in [0.3, 0.4) is 0 Å². The third kappa shape index (κ3) is 2.87. The van der Waals surface area contributed by atoms with E-state index < -0.39 is 17.4 Å². The van der Waals surface area contributed by atoms with E-state index in [2.05, 4.69) is 17.9 Å². The number of benzene rings is 2. The molecule has 3 nitrogen and oxygen atoms in total. The molecule has 108 valence electrons. The molecule has 0 atom stereocenters. The van der Waals surface area contributed by atoms with Crippen LogP contribution in [-0.4, -0.2) is 19.2 Å². The number of phenolic OH excluding ortho intramolecular Hbond substituents is 1. The number of aryl methyl sites for hydroxylation is 1. The Morgan fingerprint density at radius 3 is 2.57 bits per heavy atom. The zero-order valence-corrected chi connectivity index (χ0v) is 12.3. The molecule has 0 bridgehead atoms. The summed E-state index contributed by atoms with van der Waals surface area (Å²) in [4.78, 5) is 10.9. The highest BCUT2D eigenvalue weighted by atomic mass is 32.1. The molecule has 0 aliphatic rings. The molecule has 0 aliphatic heterocycles. The number of halogens is 2. The molecular formula is C14H12BF2NO2S. The Labute approximate surface area is 126 Å². The number of anilines is 2. The first-order chi connectivity index (χ1) is 9.85. The molecule has 21 heavy (non-hydrogen) atoms. The van der Waals surface area contributed by atoms with Gasteiger partial charge in [-0.15, -0.1) is 12.6 Å². The predicted molar refractivity (Wildman–Crippen MR) is 83.3 cm³/mol. The first-order valence-corrected chi connectivity index (χ1v) is 6.53. The Balaban J connectivity index is 2.56. The van der Waals surface area contributed by atoms with Gasteiger partial charge in [0, 0.05) is 11.6 Å². The second-order valence-electron chi connectivity index (χ2n) is 4.71. The van der Waals surface area contributed by atoms with Crippen LogP contribution in [0.25, 0.3) is 0 Å². The summed E-state index contributed by atoms with van der Waals surface area (Å²) in [6.45, 7) is 1.78. The van der Waals surface area contributed by atoms with E-state index in [0.717, 1.165) is 17.1 Å². The van der Waals surface area contributed by atoms with Crippen molar-refractivity contribution >= 4 is 43.6 Å². The normalized spacial score (nSPS) is 10.5. The summed E-state index contributed by atoms with van der Waals surface area (Å²) in [7, 11) is 1.84. The van der Waals surface area contributed by atoms with E-state index in [1.54, 1.807) is 13.0 Å². The molecule has 7 heteroatoms. The minimum atomic E-state index is -1.36. The third-order valence-corrected chi connectivity index (χ3v) is 3.50. The number of rotatable bonds is 3. The average molecular weight is 307 g/mol. The van der Waals surface area contributed by atoms with Gasteiger partial charge in [-0.1, -0.05) is 17.6 Å². The molecular weight excluding hydrogens is 295 g/mol. The summed E-state index contributed by atoms with van der Waals surface area (Å²) < 4.78 is 26.8. The fourth-order valence-corrected chi connectivity index (χ4v) is 2.32. The van der Waals surface area contributed by atoms with Gasteiger partial charge in [0.05, 0.1) is 16.3 Å². The van der Waals surface area contributed by atoms with Gasteiger partial charge >= 0.3 is 0 Å². The van der Waals surface area contributed by atoms with Crippen molar-refractivity contribution in [1.29, 1.82) is 0 Å². The molecule has 0 unspecified atom stereocenters. The Hall–Kier alpha value is -2.02. The topological polar surface area (TPSA) is 49.3 Å². The number of hydrogen-bond donors (Lipinski definition) is 3. The molecule has 2 aromatic rings. The molecule has 0 saturated carbocycles. The fraction of sp³-hybridized carbons (Fsp3) is 0.0714. The van der Waals surface area contributed by atoms with Crippen LogP contribution < -0.4 is 10.8 Å². The molecule has 0 radical (unpaired) electrons. The van der Waals surface area contributed by atoms with E-state index in [1.807, 2.05) is 13.9 Å².